The number of aromatic hydroxyl groups is 1. The van der Waals surface area contributed by atoms with Crippen molar-refractivity contribution >= 4 is 23.0 Å². The van der Waals surface area contributed by atoms with Crippen molar-refractivity contribution in [2.45, 2.75) is 0 Å². The van der Waals surface area contributed by atoms with Crippen LogP contribution in [0, 0.1) is 0 Å². The summed E-state index contributed by atoms with van der Waals surface area (Å²) in [4.78, 5) is 11.0. The fourth-order valence-electron chi connectivity index (χ4n) is 1.62. The molecule has 0 aliphatic rings. The number of ether oxygens (including phenoxy) is 1. The Morgan fingerprint density at radius 1 is 1.61 bits per heavy atom. The van der Waals surface area contributed by atoms with Gasteiger partial charge in [-0.15, -0.1) is 0 Å². The molecule has 0 fully saturated rings. The second-order valence-corrected chi connectivity index (χ2v) is 3.53. The van der Waals surface area contributed by atoms with Crippen LogP contribution in [0.15, 0.2) is 28.9 Å². The largest absolute Gasteiger partial charge is 0.504 e. The number of hydrazine groups is 1. The first-order chi connectivity index (χ1) is 8.67. The van der Waals surface area contributed by atoms with Crippen LogP contribution in [0.4, 0.5) is 0 Å². The average Bonchev–Trinajstić information content (AvgIpc) is 2.83. The van der Waals surface area contributed by atoms with Gasteiger partial charge in [0.05, 0.1) is 13.4 Å². The third kappa shape index (κ3) is 2.01. The number of hydrogen-bond acceptors (Lipinski definition) is 5. The number of nitrogens with one attached hydrogen (secondary N) is 1. The minimum atomic E-state index is -0.472. The third-order valence-electron chi connectivity index (χ3n) is 2.46. The van der Waals surface area contributed by atoms with Crippen molar-refractivity contribution in [2.24, 2.45) is 5.84 Å². The maximum Gasteiger partial charge on any atom is 0.257 e. The van der Waals surface area contributed by atoms with Gasteiger partial charge in [-0.2, -0.15) is 0 Å². The van der Waals surface area contributed by atoms with Crippen LogP contribution < -0.4 is 16.0 Å². The van der Waals surface area contributed by atoms with Gasteiger partial charge in [0, 0.05) is 17.0 Å². The number of furan rings is 1. The lowest BCUT2D eigenvalue weighted by atomic mass is 10.1. The molecule has 0 spiro atoms. The minimum absolute atomic E-state index is 0.0963. The summed E-state index contributed by atoms with van der Waals surface area (Å²) in [5, 5.41) is 10.8. The number of amides is 1. The van der Waals surface area contributed by atoms with Gasteiger partial charge in [0.2, 0.25) is 5.75 Å². The van der Waals surface area contributed by atoms with Crippen molar-refractivity contribution in [3.05, 3.63) is 30.0 Å². The van der Waals surface area contributed by atoms with Crippen LogP contribution in [-0.2, 0) is 4.79 Å². The maximum absolute atomic E-state index is 11.0. The molecule has 6 nitrogen and oxygen atoms in total. The predicted octanol–water partition coefficient (Wildman–Crippen LogP) is 1.15. The van der Waals surface area contributed by atoms with Crippen molar-refractivity contribution in [1.82, 2.24) is 5.43 Å². The molecule has 94 valence electrons. The first kappa shape index (κ1) is 12.0. The fourth-order valence-corrected chi connectivity index (χ4v) is 1.62. The fraction of sp³-hybridized carbons (Fsp3) is 0.0833. The number of fused-ring (bicyclic) bond motifs is 1. The Morgan fingerprint density at radius 3 is 3.06 bits per heavy atom. The Labute approximate surface area is 103 Å². The van der Waals surface area contributed by atoms with Gasteiger partial charge in [-0.25, -0.2) is 5.84 Å². The zero-order valence-corrected chi connectivity index (χ0v) is 9.64. The molecular weight excluding hydrogens is 236 g/mol. The highest BCUT2D eigenvalue weighted by Crippen LogP contribution is 2.39. The monoisotopic (exact) mass is 248 g/mol. The molecule has 0 atom stereocenters. The Morgan fingerprint density at radius 2 is 2.39 bits per heavy atom. The molecule has 18 heavy (non-hydrogen) atoms. The number of phenols is 1. The molecule has 4 N–H and O–H groups in total. The molecule has 0 radical (unpaired) electrons. The molecule has 0 aliphatic carbocycles. The van der Waals surface area contributed by atoms with E-state index in [9.17, 15) is 9.90 Å². The summed E-state index contributed by atoms with van der Waals surface area (Å²) in [5.74, 6) is 4.61. The lowest BCUT2D eigenvalue weighted by Crippen LogP contribution is -2.27. The van der Waals surface area contributed by atoms with Crippen LogP contribution in [-0.4, -0.2) is 18.1 Å². The smallest absolute Gasteiger partial charge is 0.257 e. The van der Waals surface area contributed by atoms with Crippen LogP contribution in [0.3, 0.4) is 0 Å². The molecule has 1 aromatic heterocycles. The molecule has 1 aromatic carbocycles. The number of rotatable bonds is 3. The van der Waals surface area contributed by atoms with E-state index in [1.54, 1.807) is 12.1 Å². The number of carbonyl (C=O) groups excluding carboxylic acids is 1. The summed E-state index contributed by atoms with van der Waals surface area (Å²) in [6, 6.07) is 3.41. The SMILES string of the molecule is COc1c(O)c(/C=C/C(=O)NN)cc2ccoc12. The Hall–Kier alpha value is -2.47. The van der Waals surface area contributed by atoms with Crippen molar-refractivity contribution < 1.29 is 19.1 Å². The first-order valence-corrected chi connectivity index (χ1v) is 5.13. The molecule has 0 unspecified atom stereocenters. The molecule has 0 saturated carbocycles. The Kier molecular flexibility index (Phi) is 3.20. The molecule has 0 bridgehead atoms. The Bertz CT molecular complexity index is 616. The van der Waals surface area contributed by atoms with E-state index < -0.39 is 5.91 Å². The summed E-state index contributed by atoms with van der Waals surface area (Å²) in [7, 11) is 1.43. The molecular formula is C12H12N2O4. The van der Waals surface area contributed by atoms with Crippen molar-refractivity contribution in [2.75, 3.05) is 7.11 Å². The highest BCUT2D eigenvalue weighted by Gasteiger charge is 2.14. The van der Waals surface area contributed by atoms with Crippen LogP contribution in [0.2, 0.25) is 0 Å². The standard InChI is InChI=1S/C12H12N2O4/c1-17-12-10(16)7(2-3-9(15)14-13)6-8-4-5-18-11(8)12/h2-6,16H,13H2,1H3,(H,14,15)/b3-2+. The second-order valence-electron chi connectivity index (χ2n) is 3.53. The van der Waals surface area contributed by atoms with Crippen LogP contribution >= 0.6 is 0 Å². The molecule has 2 rings (SSSR count). The number of benzene rings is 1. The van der Waals surface area contributed by atoms with Crippen molar-refractivity contribution in [1.29, 1.82) is 0 Å². The zero-order chi connectivity index (χ0) is 13.1. The van der Waals surface area contributed by atoms with Crippen LogP contribution in [0.5, 0.6) is 11.5 Å². The van der Waals surface area contributed by atoms with Gasteiger partial charge in [0.15, 0.2) is 11.3 Å². The van der Waals surface area contributed by atoms with E-state index in [1.165, 1.54) is 25.5 Å². The lowest BCUT2D eigenvalue weighted by Gasteiger charge is -2.06. The summed E-state index contributed by atoms with van der Waals surface area (Å²) < 4.78 is 10.3. The van der Waals surface area contributed by atoms with Gasteiger partial charge < -0.3 is 14.3 Å². The zero-order valence-electron chi connectivity index (χ0n) is 9.64. The highest BCUT2D eigenvalue weighted by atomic mass is 16.5. The summed E-state index contributed by atoms with van der Waals surface area (Å²) in [6.07, 6.45) is 4.14. The highest BCUT2D eigenvalue weighted by molar-refractivity contribution is 5.94. The molecule has 6 heteroatoms. The molecule has 1 amide bonds. The van der Waals surface area contributed by atoms with Gasteiger partial charge >= 0.3 is 0 Å². The number of nitrogens with two attached hydrogens (primary N) is 1. The van der Waals surface area contributed by atoms with Crippen LogP contribution in [0.1, 0.15) is 5.56 Å². The third-order valence-corrected chi connectivity index (χ3v) is 2.46. The van der Waals surface area contributed by atoms with Crippen LogP contribution in [0.25, 0.3) is 17.0 Å². The number of phenolic OH excluding ortho intramolecular Hbond substituents is 1. The molecule has 0 aliphatic heterocycles. The van der Waals surface area contributed by atoms with E-state index >= 15 is 0 Å². The number of hydrogen-bond donors (Lipinski definition) is 3. The quantitative estimate of drug-likeness (QED) is 0.327. The molecule has 2 aromatic rings. The van der Waals surface area contributed by atoms with E-state index in [2.05, 4.69) is 0 Å². The predicted molar refractivity (Wildman–Crippen MR) is 65.8 cm³/mol. The van der Waals surface area contributed by atoms with Crippen molar-refractivity contribution in [3.8, 4) is 11.5 Å². The summed E-state index contributed by atoms with van der Waals surface area (Å²) in [5.41, 5.74) is 2.85. The van der Waals surface area contributed by atoms with E-state index in [4.69, 9.17) is 15.0 Å². The second kappa shape index (κ2) is 4.80. The minimum Gasteiger partial charge on any atom is -0.504 e. The van der Waals surface area contributed by atoms with Crippen molar-refractivity contribution in [3.63, 3.8) is 0 Å². The molecule has 1 heterocycles. The van der Waals surface area contributed by atoms with Gasteiger partial charge in [-0.1, -0.05) is 0 Å². The van der Waals surface area contributed by atoms with Gasteiger partial charge in [0.1, 0.15) is 0 Å². The average molecular weight is 248 g/mol. The molecule has 0 saturated heterocycles. The lowest BCUT2D eigenvalue weighted by molar-refractivity contribution is -0.116. The van der Waals surface area contributed by atoms with E-state index in [1.807, 2.05) is 5.43 Å². The van der Waals surface area contributed by atoms with Gasteiger partial charge in [0.25, 0.3) is 5.91 Å². The van der Waals surface area contributed by atoms with E-state index in [0.29, 0.717) is 11.1 Å². The number of methoxy groups -OCH3 is 1. The number of carbonyl (C=O) groups is 1. The normalized spacial score (nSPS) is 11.0. The Balaban J connectivity index is 2.54. The summed E-state index contributed by atoms with van der Waals surface area (Å²) >= 11 is 0. The van der Waals surface area contributed by atoms with E-state index in [-0.39, 0.29) is 11.5 Å². The van der Waals surface area contributed by atoms with E-state index in [0.717, 1.165) is 5.39 Å². The topological polar surface area (TPSA) is 97.7 Å². The summed E-state index contributed by atoms with van der Waals surface area (Å²) in [6.45, 7) is 0. The maximum atomic E-state index is 11.0. The van der Waals surface area contributed by atoms with Gasteiger partial charge in [-0.3, -0.25) is 10.2 Å². The first-order valence-electron chi connectivity index (χ1n) is 5.13. The van der Waals surface area contributed by atoms with Gasteiger partial charge in [-0.05, 0) is 18.2 Å².